The lowest BCUT2D eigenvalue weighted by Crippen LogP contribution is -2.18. The number of rotatable bonds is 3. The van der Waals surface area contributed by atoms with E-state index >= 15 is 0 Å². The molecule has 7 nitrogen and oxygen atoms in total. The molecule has 0 spiro atoms. The zero-order chi connectivity index (χ0) is 14.7. The van der Waals surface area contributed by atoms with Gasteiger partial charge in [-0.05, 0) is 19.4 Å². The summed E-state index contributed by atoms with van der Waals surface area (Å²) in [5.41, 5.74) is 7.40. The van der Waals surface area contributed by atoms with Crippen molar-refractivity contribution in [1.29, 1.82) is 0 Å². The van der Waals surface area contributed by atoms with Crippen LogP contribution in [0.2, 0.25) is 5.02 Å². The Kier molecular flexibility index (Phi) is 3.99. The van der Waals surface area contributed by atoms with Gasteiger partial charge in [-0.1, -0.05) is 16.8 Å². The SMILES string of the molecule is Cc1nnc(Oc2cncc(Cl)c2)c(C(N)=NO)c1C. The summed E-state index contributed by atoms with van der Waals surface area (Å²) >= 11 is 5.83. The summed E-state index contributed by atoms with van der Waals surface area (Å²) < 4.78 is 5.56. The fraction of sp³-hybridized carbons (Fsp3) is 0.167. The number of ether oxygens (including phenoxy) is 1. The van der Waals surface area contributed by atoms with Crippen molar-refractivity contribution in [3.05, 3.63) is 40.3 Å². The Labute approximate surface area is 120 Å². The van der Waals surface area contributed by atoms with Gasteiger partial charge >= 0.3 is 0 Å². The molecule has 0 saturated heterocycles. The molecular formula is C12H12ClN5O2. The highest BCUT2D eigenvalue weighted by molar-refractivity contribution is 6.30. The summed E-state index contributed by atoms with van der Waals surface area (Å²) in [4.78, 5) is 3.90. The highest BCUT2D eigenvalue weighted by atomic mass is 35.5. The number of nitrogens with two attached hydrogens (primary N) is 1. The lowest BCUT2D eigenvalue weighted by molar-refractivity contribution is 0.318. The number of aryl methyl sites for hydroxylation is 1. The summed E-state index contributed by atoms with van der Waals surface area (Å²) in [6.45, 7) is 3.54. The van der Waals surface area contributed by atoms with Crippen LogP contribution in [-0.4, -0.2) is 26.2 Å². The first-order chi connectivity index (χ1) is 9.52. The van der Waals surface area contributed by atoms with Crippen LogP contribution >= 0.6 is 11.6 Å². The Morgan fingerprint density at radius 1 is 1.35 bits per heavy atom. The molecule has 20 heavy (non-hydrogen) atoms. The molecule has 0 aromatic carbocycles. The van der Waals surface area contributed by atoms with Gasteiger partial charge in [0.25, 0.3) is 0 Å². The Bertz CT molecular complexity index is 675. The van der Waals surface area contributed by atoms with Gasteiger partial charge in [-0.3, -0.25) is 4.98 Å². The third kappa shape index (κ3) is 2.77. The predicted molar refractivity (Wildman–Crippen MR) is 73.3 cm³/mol. The largest absolute Gasteiger partial charge is 0.435 e. The van der Waals surface area contributed by atoms with Crippen LogP contribution in [0.3, 0.4) is 0 Å². The molecule has 3 N–H and O–H groups in total. The van der Waals surface area contributed by atoms with E-state index in [-0.39, 0.29) is 11.7 Å². The molecule has 2 heterocycles. The molecular weight excluding hydrogens is 282 g/mol. The molecule has 0 amide bonds. The molecule has 0 atom stereocenters. The smallest absolute Gasteiger partial charge is 0.250 e. The zero-order valence-electron chi connectivity index (χ0n) is 10.8. The van der Waals surface area contributed by atoms with Gasteiger partial charge < -0.3 is 15.7 Å². The van der Waals surface area contributed by atoms with E-state index in [2.05, 4.69) is 20.3 Å². The minimum Gasteiger partial charge on any atom is -0.435 e. The molecule has 0 unspecified atom stereocenters. The third-order valence-electron chi connectivity index (χ3n) is 2.68. The fourth-order valence-electron chi connectivity index (χ4n) is 1.57. The lowest BCUT2D eigenvalue weighted by Gasteiger charge is -2.12. The first-order valence-electron chi connectivity index (χ1n) is 5.63. The summed E-state index contributed by atoms with van der Waals surface area (Å²) in [6, 6.07) is 1.57. The van der Waals surface area contributed by atoms with Crippen LogP contribution < -0.4 is 10.5 Å². The minimum absolute atomic E-state index is 0.106. The molecule has 0 aliphatic heterocycles. The van der Waals surface area contributed by atoms with Gasteiger partial charge in [0.15, 0.2) is 5.84 Å². The van der Waals surface area contributed by atoms with E-state index in [1.165, 1.54) is 12.4 Å². The average Bonchev–Trinajstić information content (AvgIpc) is 2.42. The van der Waals surface area contributed by atoms with Crippen molar-refractivity contribution in [2.45, 2.75) is 13.8 Å². The van der Waals surface area contributed by atoms with Gasteiger partial charge in [0, 0.05) is 12.3 Å². The van der Waals surface area contributed by atoms with Crippen LogP contribution in [0.25, 0.3) is 0 Å². The van der Waals surface area contributed by atoms with E-state index in [1.807, 2.05) is 0 Å². The Balaban J connectivity index is 2.49. The van der Waals surface area contributed by atoms with Gasteiger partial charge in [0.05, 0.1) is 22.5 Å². The molecule has 0 fully saturated rings. The number of nitrogens with zero attached hydrogens (tertiary/aromatic N) is 4. The second-order valence-electron chi connectivity index (χ2n) is 4.02. The van der Waals surface area contributed by atoms with Crippen LogP contribution in [0.4, 0.5) is 0 Å². The molecule has 2 aromatic heterocycles. The van der Waals surface area contributed by atoms with Crippen LogP contribution in [0.1, 0.15) is 16.8 Å². The van der Waals surface area contributed by atoms with Gasteiger partial charge in [-0.15, -0.1) is 5.10 Å². The van der Waals surface area contributed by atoms with E-state index in [0.717, 1.165) is 0 Å². The summed E-state index contributed by atoms with van der Waals surface area (Å²) in [5, 5.41) is 20.1. The molecule has 2 aromatic rings. The molecule has 104 valence electrons. The van der Waals surface area contributed by atoms with Gasteiger partial charge in [-0.25, -0.2) is 0 Å². The maximum Gasteiger partial charge on any atom is 0.250 e. The van der Waals surface area contributed by atoms with Crippen molar-refractivity contribution >= 4 is 17.4 Å². The van der Waals surface area contributed by atoms with Crippen LogP contribution in [0.5, 0.6) is 11.6 Å². The van der Waals surface area contributed by atoms with Crippen LogP contribution in [0.15, 0.2) is 23.6 Å². The highest BCUT2D eigenvalue weighted by Gasteiger charge is 2.17. The molecule has 8 heteroatoms. The topological polar surface area (TPSA) is 107 Å². The number of amidine groups is 1. The van der Waals surface area contributed by atoms with E-state index in [1.54, 1.807) is 19.9 Å². The maximum absolute atomic E-state index is 8.86. The molecule has 0 saturated carbocycles. The van der Waals surface area contributed by atoms with E-state index in [4.69, 9.17) is 27.3 Å². The molecule has 0 aliphatic rings. The number of hydrogen-bond donors (Lipinski definition) is 2. The number of hydrogen-bond acceptors (Lipinski definition) is 6. The quantitative estimate of drug-likeness (QED) is 0.388. The molecule has 0 aliphatic carbocycles. The summed E-state index contributed by atoms with van der Waals surface area (Å²) in [6.07, 6.45) is 2.95. The molecule has 0 bridgehead atoms. The maximum atomic E-state index is 8.86. The number of halogens is 1. The lowest BCUT2D eigenvalue weighted by atomic mass is 10.1. The van der Waals surface area contributed by atoms with E-state index < -0.39 is 0 Å². The van der Waals surface area contributed by atoms with Crippen LogP contribution in [0, 0.1) is 13.8 Å². The monoisotopic (exact) mass is 293 g/mol. The van der Waals surface area contributed by atoms with E-state index in [9.17, 15) is 0 Å². The fourth-order valence-corrected chi connectivity index (χ4v) is 1.73. The second-order valence-corrected chi connectivity index (χ2v) is 4.45. The van der Waals surface area contributed by atoms with Crippen molar-refractivity contribution in [3.63, 3.8) is 0 Å². The average molecular weight is 294 g/mol. The molecule has 0 radical (unpaired) electrons. The normalized spacial score (nSPS) is 11.4. The molecule has 2 rings (SSSR count). The third-order valence-corrected chi connectivity index (χ3v) is 2.89. The Morgan fingerprint density at radius 3 is 2.75 bits per heavy atom. The van der Waals surface area contributed by atoms with Crippen molar-refractivity contribution < 1.29 is 9.94 Å². The first-order valence-corrected chi connectivity index (χ1v) is 6.01. The zero-order valence-corrected chi connectivity index (χ0v) is 11.6. The summed E-state index contributed by atoms with van der Waals surface area (Å²) in [5.74, 6) is 0.389. The highest BCUT2D eigenvalue weighted by Crippen LogP contribution is 2.26. The van der Waals surface area contributed by atoms with Crippen LogP contribution in [-0.2, 0) is 0 Å². The van der Waals surface area contributed by atoms with Gasteiger partial charge in [0.2, 0.25) is 5.88 Å². The van der Waals surface area contributed by atoms with E-state index in [0.29, 0.717) is 27.6 Å². The van der Waals surface area contributed by atoms with Gasteiger partial charge in [-0.2, -0.15) is 5.10 Å². The number of aromatic nitrogens is 3. The standard InChI is InChI=1S/C12H12ClN5O2/c1-6-7(2)16-17-12(10(6)11(14)18-19)20-9-3-8(13)4-15-5-9/h3-5,19H,1-2H3,(H2,14,18). The first kappa shape index (κ1) is 14.0. The minimum atomic E-state index is -0.106. The second kappa shape index (κ2) is 5.70. The predicted octanol–water partition coefficient (Wildman–Crippen LogP) is 2.03. The number of pyridine rings is 1. The van der Waals surface area contributed by atoms with Crippen molar-refractivity contribution in [2.75, 3.05) is 0 Å². The van der Waals surface area contributed by atoms with Gasteiger partial charge in [0.1, 0.15) is 5.75 Å². The summed E-state index contributed by atoms with van der Waals surface area (Å²) in [7, 11) is 0. The van der Waals surface area contributed by atoms with Crippen molar-refractivity contribution in [3.8, 4) is 11.6 Å². The number of oxime groups is 1. The Hall–Kier alpha value is -2.41. The van der Waals surface area contributed by atoms with Crippen molar-refractivity contribution in [2.24, 2.45) is 10.9 Å². The Morgan fingerprint density at radius 2 is 2.10 bits per heavy atom. The van der Waals surface area contributed by atoms with Crippen molar-refractivity contribution in [1.82, 2.24) is 15.2 Å².